The van der Waals surface area contributed by atoms with Gasteiger partial charge in [0.15, 0.2) is 0 Å². The Balaban J connectivity index is 1.65. The summed E-state index contributed by atoms with van der Waals surface area (Å²) in [5.74, 6) is 0. The Morgan fingerprint density at radius 1 is 0.735 bits per heavy atom. The Bertz CT molecular complexity index is 1520. The van der Waals surface area contributed by atoms with E-state index in [9.17, 15) is 0 Å². The first-order valence-electron chi connectivity index (χ1n) is 12.2. The minimum atomic E-state index is -1.84. The number of nitrogens with zero attached hydrogens (tertiary/aromatic N) is 1. The second kappa shape index (κ2) is 6.71. The normalized spacial score (nSPS) is 16.4. The number of anilines is 3. The van der Waals surface area contributed by atoms with Gasteiger partial charge in [-0.25, -0.2) is 0 Å². The molecular weight excluding hydrogens is 445 g/mol. The summed E-state index contributed by atoms with van der Waals surface area (Å²) < 4.78 is 0. The zero-order chi connectivity index (χ0) is 23.4. The third-order valence-electron chi connectivity index (χ3n) is 8.06. The maximum absolute atomic E-state index is 2.62. The van der Waals surface area contributed by atoms with Crippen molar-refractivity contribution in [1.82, 2.24) is 0 Å². The largest absolute Gasteiger partial charge is 0.312 e. The topological polar surface area (TPSA) is 3.24 Å². The molecule has 0 saturated heterocycles. The Labute approximate surface area is 208 Å². The molecule has 7 rings (SSSR count). The van der Waals surface area contributed by atoms with Gasteiger partial charge in [0.1, 0.15) is 8.07 Å². The molecule has 0 fully saturated rings. The lowest BCUT2D eigenvalue weighted by Crippen LogP contribution is -2.66. The van der Waals surface area contributed by atoms with Gasteiger partial charge in [0.2, 0.25) is 6.71 Å². The van der Waals surface area contributed by atoms with E-state index in [2.05, 4.69) is 118 Å². The van der Waals surface area contributed by atoms with Crippen LogP contribution in [0, 0.1) is 0 Å². The van der Waals surface area contributed by atoms with Crippen LogP contribution in [-0.2, 0) is 5.41 Å². The van der Waals surface area contributed by atoms with E-state index in [1.165, 1.54) is 54.0 Å². The fraction of sp³-hybridized carbons (Fsp3) is 0.200. The van der Waals surface area contributed by atoms with Crippen LogP contribution in [0.25, 0.3) is 0 Å². The minimum absolute atomic E-state index is 0.0850. The van der Waals surface area contributed by atoms with Crippen molar-refractivity contribution < 1.29 is 0 Å². The molecular formula is C30H28BNSSi. The second-order valence-corrected chi connectivity index (χ2v) is 16.9. The molecule has 3 heterocycles. The first kappa shape index (κ1) is 20.7. The molecule has 3 aliphatic rings. The van der Waals surface area contributed by atoms with Gasteiger partial charge in [-0.15, -0.1) is 0 Å². The zero-order valence-corrected chi connectivity index (χ0v) is 22.3. The maximum atomic E-state index is 2.62. The molecule has 4 aromatic carbocycles. The number of hydrogen-bond donors (Lipinski definition) is 0. The van der Waals surface area contributed by atoms with Crippen LogP contribution in [0.3, 0.4) is 0 Å². The smallest absolute Gasteiger partial charge is 0.249 e. The van der Waals surface area contributed by atoms with Crippen LogP contribution in [-0.4, -0.2) is 14.8 Å². The van der Waals surface area contributed by atoms with E-state index in [1.807, 2.05) is 11.8 Å². The van der Waals surface area contributed by atoms with Gasteiger partial charge in [0.05, 0.1) is 0 Å². The Morgan fingerprint density at radius 3 is 2.26 bits per heavy atom. The predicted molar refractivity (Wildman–Crippen MR) is 152 cm³/mol. The van der Waals surface area contributed by atoms with E-state index in [4.69, 9.17) is 0 Å². The predicted octanol–water partition coefficient (Wildman–Crippen LogP) is 4.88. The lowest BCUT2D eigenvalue weighted by Gasteiger charge is -2.48. The summed E-state index contributed by atoms with van der Waals surface area (Å²) in [6.07, 6.45) is 0. The molecule has 0 radical (unpaired) electrons. The van der Waals surface area contributed by atoms with Gasteiger partial charge < -0.3 is 4.90 Å². The average molecular weight is 474 g/mol. The van der Waals surface area contributed by atoms with Crippen molar-refractivity contribution in [2.24, 2.45) is 0 Å². The first-order valence-corrected chi connectivity index (χ1v) is 16.1. The van der Waals surface area contributed by atoms with Gasteiger partial charge in [0.25, 0.3) is 0 Å². The molecule has 34 heavy (non-hydrogen) atoms. The molecule has 0 aliphatic carbocycles. The maximum Gasteiger partial charge on any atom is 0.249 e. The van der Waals surface area contributed by atoms with Crippen molar-refractivity contribution in [1.29, 1.82) is 0 Å². The van der Waals surface area contributed by atoms with Crippen LogP contribution in [0.1, 0.15) is 26.3 Å². The van der Waals surface area contributed by atoms with Crippen molar-refractivity contribution in [2.45, 2.75) is 49.1 Å². The first-order chi connectivity index (χ1) is 16.3. The Hall–Kier alpha value is -2.69. The lowest BCUT2D eigenvalue weighted by atomic mass is 9.35. The van der Waals surface area contributed by atoms with E-state index in [-0.39, 0.29) is 12.1 Å². The molecule has 0 atom stereocenters. The highest BCUT2D eigenvalue weighted by Crippen LogP contribution is 2.44. The van der Waals surface area contributed by atoms with Crippen molar-refractivity contribution in [3.63, 3.8) is 0 Å². The number of benzene rings is 4. The summed E-state index contributed by atoms with van der Waals surface area (Å²) in [7, 11) is -1.84. The molecule has 4 heteroatoms. The van der Waals surface area contributed by atoms with Gasteiger partial charge in [-0.3, -0.25) is 0 Å². The molecule has 4 aromatic rings. The fourth-order valence-corrected chi connectivity index (χ4v) is 10.5. The van der Waals surface area contributed by atoms with Crippen LogP contribution in [0.5, 0.6) is 0 Å². The van der Waals surface area contributed by atoms with Gasteiger partial charge in [0, 0.05) is 26.9 Å². The van der Waals surface area contributed by atoms with Crippen molar-refractivity contribution in [3.05, 3.63) is 84.4 Å². The number of rotatable bonds is 0. The zero-order valence-electron chi connectivity index (χ0n) is 20.4. The Morgan fingerprint density at radius 2 is 1.44 bits per heavy atom. The summed E-state index contributed by atoms with van der Waals surface area (Å²) in [6.45, 7) is 12.3. The van der Waals surface area contributed by atoms with E-state index < -0.39 is 8.07 Å². The average Bonchev–Trinajstić information content (AvgIpc) is 2.82. The standard InChI is InChI=1S/C30H28BNSSi/c1-30(2,3)19-17-23-28-25(18-19)33-24-14-8-6-11-20(24)31(28)21-12-10-16-27-29(21)32(23)22-13-7-9-15-26(22)34(27,4)5/h6-18H,1-5H3. The van der Waals surface area contributed by atoms with E-state index in [0.29, 0.717) is 0 Å². The third kappa shape index (κ3) is 2.59. The van der Waals surface area contributed by atoms with Crippen LogP contribution in [0.4, 0.5) is 17.1 Å². The SMILES string of the molecule is CC(C)(C)c1cc2c3c(c1)N1c4ccccc4[Si](C)(C)c4cccc(c41)B3c1ccccc1S2. The monoisotopic (exact) mass is 473 g/mol. The summed E-state index contributed by atoms with van der Waals surface area (Å²) in [5.41, 5.74) is 10.1. The number of fused-ring (bicyclic) bond motifs is 6. The van der Waals surface area contributed by atoms with Crippen molar-refractivity contribution in [2.75, 3.05) is 4.90 Å². The van der Waals surface area contributed by atoms with Gasteiger partial charge in [-0.2, -0.15) is 0 Å². The second-order valence-electron chi connectivity index (χ2n) is 11.5. The van der Waals surface area contributed by atoms with Crippen LogP contribution in [0.2, 0.25) is 13.1 Å². The molecule has 166 valence electrons. The highest BCUT2D eigenvalue weighted by Gasteiger charge is 2.47. The molecule has 0 saturated carbocycles. The quantitative estimate of drug-likeness (QED) is 0.289. The molecule has 0 N–H and O–H groups in total. The molecule has 0 aromatic heterocycles. The molecule has 0 spiro atoms. The molecule has 0 unspecified atom stereocenters. The van der Waals surface area contributed by atoms with Crippen LogP contribution >= 0.6 is 11.8 Å². The van der Waals surface area contributed by atoms with Gasteiger partial charge in [-0.1, -0.05) is 106 Å². The minimum Gasteiger partial charge on any atom is -0.312 e. The van der Waals surface area contributed by atoms with Crippen LogP contribution in [0.15, 0.2) is 88.7 Å². The highest BCUT2D eigenvalue weighted by molar-refractivity contribution is 8.00. The highest BCUT2D eigenvalue weighted by atomic mass is 32.2. The van der Waals surface area contributed by atoms with Gasteiger partial charge in [-0.05, 0) is 56.5 Å². The molecule has 1 nitrogen and oxygen atoms in total. The summed E-state index contributed by atoms with van der Waals surface area (Å²) >= 11 is 1.95. The number of para-hydroxylation sites is 2. The van der Waals surface area contributed by atoms with E-state index in [0.717, 1.165) is 0 Å². The lowest BCUT2D eigenvalue weighted by molar-refractivity contribution is 0.589. The Kier molecular flexibility index (Phi) is 4.08. The molecule has 0 bridgehead atoms. The van der Waals surface area contributed by atoms with E-state index in [1.54, 1.807) is 5.19 Å². The van der Waals surface area contributed by atoms with Crippen molar-refractivity contribution in [3.8, 4) is 0 Å². The fourth-order valence-electron chi connectivity index (χ4n) is 6.27. The van der Waals surface area contributed by atoms with Crippen LogP contribution < -0.4 is 31.7 Å². The van der Waals surface area contributed by atoms with E-state index >= 15 is 0 Å². The third-order valence-corrected chi connectivity index (χ3v) is 12.7. The summed E-state index contributed by atoms with van der Waals surface area (Å²) in [4.78, 5) is 5.44. The molecule has 3 aliphatic heterocycles. The summed E-state index contributed by atoms with van der Waals surface area (Å²) in [6, 6.07) is 30.3. The number of hydrogen-bond acceptors (Lipinski definition) is 2. The molecule has 0 amide bonds. The van der Waals surface area contributed by atoms with Crippen molar-refractivity contribution >= 4 is 70.4 Å². The van der Waals surface area contributed by atoms with Gasteiger partial charge >= 0.3 is 0 Å². The summed E-state index contributed by atoms with van der Waals surface area (Å²) in [5, 5.41) is 3.10.